The lowest BCUT2D eigenvalue weighted by Crippen LogP contribution is -2.48. The van der Waals surface area contributed by atoms with E-state index >= 15 is 0 Å². The molecule has 0 saturated carbocycles. The third-order valence-electron chi connectivity index (χ3n) is 7.19. The Hall–Kier alpha value is -2.29. The van der Waals surface area contributed by atoms with E-state index in [-0.39, 0.29) is 25.6 Å². The Morgan fingerprint density at radius 2 is 2.00 bits per heavy atom. The van der Waals surface area contributed by atoms with Crippen LogP contribution in [0.1, 0.15) is 35.3 Å². The first-order chi connectivity index (χ1) is 18.3. The highest BCUT2D eigenvalue weighted by atomic mass is 35.5. The normalized spacial score (nSPS) is 24.5. The van der Waals surface area contributed by atoms with Gasteiger partial charge in [0.1, 0.15) is 11.4 Å². The number of amides is 1. The van der Waals surface area contributed by atoms with E-state index in [0.29, 0.717) is 67.2 Å². The predicted molar refractivity (Wildman–Crippen MR) is 138 cm³/mol. The minimum Gasteiger partial charge on any atom is -0.492 e. The maximum Gasteiger partial charge on any atom is 0.282 e. The number of halogens is 1. The topological polar surface area (TPSA) is 128 Å². The summed E-state index contributed by atoms with van der Waals surface area (Å²) in [5, 5.41) is 11.7. The number of benzene rings is 1. The van der Waals surface area contributed by atoms with Crippen LogP contribution in [-0.4, -0.2) is 96.6 Å². The number of fused-ring (bicyclic) bond motifs is 5. The summed E-state index contributed by atoms with van der Waals surface area (Å²) in [7, 11) is -2.07. The van der Waals surface area contributed by atoms with Gasteiger partial charge in [-0.2, -0.15) is 17.0 Å². The van der Waals surface area contributed by atoms with Crippen LogP contribution in [0.15, 0.2) is 24.4 Å². The molecule has 4 bridgehead atoms. The highest BCUT2D eigenvalue weighted by molar-refractivity contribution is 7.86. The Kier molecular flexibility index (Phi) is 8.50. The lowest BCUT2D eigenvalue weighted by Gasteiger charge is -2.33. The highest BCUT2D eigenvalue weighted by Gasteiger charge is 2.43. The second kappa shape index (κ2) is 11.8. The van der Waals surface area contributed by atoms with E-state index in [1.165, 1.54) is 8.61 Å². The van der Waals surface area contributed by atoms with Gasteiger partial charge in [0.15, 0.2) is 0 Å². The number of nitrogens with one attached hydrogen (secondary N) is 1. The zero-order chi connectivity index (χ0) is 26.7. The molecule has 0 aliphatic carbocycles. The lowest BCUT2D eigenvalue weighted by molar-refractivity contribution is 0.0319. The maximum atomic E-state index is 13.5. The van der Waals surface area contributed by atoms with Gasteiger partial charge >= 0.3 is 0 Å². The third kappa shape index (κ3) is 6.13. The van der Waals surface area contributed by atoms with Crippen molar-refractivity contribution in [2.24, 2.45) is 5.92 Å². The summed E-state index contributed by atoms with van der Waals surface area (Å²) in [5.41, 5.74) is 0.992. The van der Waals surface area contributed by atoms with Gasteiger partial charge < -0.3 is 19.5 Å². The molecule has 14 heteroatoms. The van der Waals surface area contributed by atoms with Crippen molar-refractivity contribution in [3.8, 4) is 5.75 Å². The molecule has 12 nitrogen and oxygen atoms in total. The fourth-order valence-electron chi connectivity index (χ4n) is 5.06. The van der Waals surface area contributed by atoms with E-state index in [2.05, 4.69) is 15.6 Å². The Labute approximate surface area is 227 Å². The van der Waals surface area contributed by atoms with Gasteiger partial charge in [0.05, 0.1) is 36.6 Å². The Morgan fingerprint density at radius 1 is 1.18 bits per heavy atom. The highest BCUT2D eigenvalue weighted by Crippen LogP contribution is 2.28. The quantitative estimate of drug-likeness (QED) is 0.585. The van der Waals surface area contributed by atoms with Crippen LogP contribution >= 0.6 is 11.6 Å². The molecule has 1 aromatic heterocycles. The van der Waals surface area contributed by atoms with Crippen molar-refractivity contribution in [3.05, 3.63) is 40.7 Å². The number of hydrogen-bond acceptors (Lipinski definition) is 8. The molecule has 1 aromatic carbocycles. The van der Waals surface area contributed by atoms with E-state index in [1.807, 2.05) is 0 Å². The van der Waals surface area contributed by atoms with Gasteiger partial charge in [-0.25, -0.2) is 0 Å². The summed E-state index contributed by atoms with van der Waals surface area (Å²) in [6.07, 6.45) is 3.38. The summed E-state index contributed by atoms with van der Waals surface area (Å²) in [5.74, 6) is 0.402. The number of ether oxygens (including phenoxy) is 3. The number of rotatable bonds is 4. The zero-order valence-electron chi connectivity index (χ0n) is 21.3. The van der Waals surface area contributed by atoms with Gasteiger partial charge in [-0.3, -0.25) is 9.48 Å². The van der Waals surface area contributed by atoms with Crippen molar-refractivity contribution in [2.75, 3.05) is 46.5 Å². The third-order valence-corrected chi connectivity index (χ3v) is 9.47. The molecule has 208 valence electrons. The average Bonchev–Trinajstić information content (AvgIpc) is 3.53. The molecule has 2 atom stereocenters. The van der Waals surface area contributed by atoms with Crippen LogP contribution in [0.3, 0.4) is 0 Å². The van der Waals surface area contributed by atoms with E-state index < -0.39 is 22.4 Å². The first-order valence-corrected chi connectivity index (χ1v) is 14.6. The average molecular weight is 569 g/mol. The number of nitrogens with zero attached hydrogens (tertiary/aromatic N) is 5. The molecule has 0 radical (unpaired) electrons. The molecule has 3 aliphatic rings. The number of aryl methyl sites for hydroxylation is 1. The molecule has 1 N–H and O–H groups in total. The van der Waals surface area contributed by atoms with Crippen LogP contribution in [0.25, 0.3) is 0 Å². The molecule has 0 unspecified atom stereocenters. The molecule has 0 spiro atoms. The van der Waals surface area contributed by atoms with Gasteiger partial charge in [0, 0.05) is 58.4 Å². The Balaban J connectivity index is 1.35. The molecule has 2 aromatic rings. The second-order valence-electron chi connectivity index (χ2n) is 9.87. The fraction of sp³-hybridized carbons (Fsp3) is 0.625. The number of hydrogen-bond donors (Lipinski definition) is 1. The summed E-state index contributed by atoms with van der Waals surface area (Å²) in [4.78, 5) is 13.2. The van der Waals surface area contributed by atoms with Gasteiger partial charge in [-0.05, 0) is 37.0 Å². The number of aromatic nitrogens is 3. The van der Waals surface area contributed by atoms with Crippen LogP contribution in [0.4, 0.5) is 0 Å². The number of carbonyl (C=O) groups excluding carboxylic acids is 1. The standard InChI is InChI=1S/C24H33ClN6O6S/c1-35-15-17-5-8-30(9-6-17)38(33,34)31-13-21-23(14-31)37-16-19-12-29(28-27-19)7-2-10-36-22-11-18(24(32)26-21)3-4-20(22)25/h3-4,11-12,17,21,23H,2,5-10,13-16H2,1H3,(H,26,32)/t21-,23-/m0/s1. The van der Waals surface area contributed by atoms with Gasteiger partial charge in [0.2, 0.25) is 0 Å². The lowest BCUT2D eigenvalue weighted by atomic mass is 9.99. The smallest absolute Gasteiger partial charge is 0.282 e. The fourth-order valence-corrected chi connectivity index (χ4v) is 6.92. The van der Waals surface area contributed by atoms with E-state index in [1.54, 1.807) is 36.2 Å². The van der Waals surface area contributed by atoms with Gasteiger partial charge in [0.25, 0.3) is 16.1 Å². The molecule has 5 rings (SSSR count). The van der Waals surface area contributed by atoms with Crippen molar-refractivity contribution >= 4 is 27.7 Å². The van der Waals surface area contributed by atoms with Gasteiger partial charge in [-0.1, -0.05) is 16.8 Å². The van der Waals surface area contributed by atoms with E-state index in [4.69, 9.17) is 25.8 Å². The summed E-state index contributed by atoms with van der Waals surface area (Å²) in [6, 6.07) is 4.27. The Bertz CT molecular complexity index is 1230. The minimum absolute atomic E-state index is 0.0976. The summed E-state index contributed by atoms with van der Waals surface area (Å²) in [6.45, 7) is 2.84. The predicted octanol–water partition coefficient (Wildman–Crippen LogP) is 1.32. The number of piperidine rings is 1. The largest absolute Gasteiger partial charge is 0.492 e. The van der Waals surface area contributed by atoms with Gasteiger partial charge in [-0.15, -0.1) is 5.10 Å². The van der Waals surface area contributed by atoms with Crippen molar-refractivity contribution < 1.29 is 27.4 Å². The summed E-state index contributed by atoms with van der Waals surface area (Å²) < 4.78 is 48.9. The minimum atomic E-state index is -3.73. The zero-order valence-corrected chi connectivity index (χ0v) is 22.9. The molecule has 1 amide bonds. The summed E-state index contributed by atoms with van der Waals surface area (Å²) >= 11 is 6.28. The molecular weight excluding hydrogens is 536 g/mol. The molecule has 4 heterocycles. The van der Waals surface area contributed by atoms with E-state index in [9.17, 15) is 13.2 Å². The van der Waals surface area contributed by atoms with Crippen LogP contribution in [0, 0.1) is 5.92 Å². The van der Waals surface area contributed by atoms with Crippen LogP contribution in [-0.2, 0) is 32.8 Å². The monoisotopic (exact) mass is 568 g/mol. The Morgan fingerprint density at radius 3 is 2.79 bits per heavy atom. The first-order valence-electron chi connectivity index (χ1n) is 12.8. The molecule has 3 aliphatic heterocycles. The molecular formula is C24H33ClN6O6S. The molecule has 38 heavy (non-hydrogen) atoms. The van der Waals surface area contributed by atoms with E-state index in [0.717, 1.165) is 12.8 Å². The second-order valence-corrected chi connectivity index (χ2v) is 12.2. The van der Waals surface area contributed by atoms with Crippen LogP contribution in [0.5, 0.6) is 5.75 Å². The van der Waals surface area contributed by atoms with Crippen molar-refractivity contribution in [1.82, 2.24) is 28.9 Å². The van der Waals surface area contributed by atoms with Crippen molar-refractivity contribution in [1.29, 1.82) is 0 Å². The first kappa shape index (κ1) is 27.3. The van der Waals surface area contributed by atoms with Crippen molar-refractivity contribution in [3.63, 3.8) is 0 Å². The molecule has 2 fully saturated rings. The number of carbonyl (C=O) groups is 1. The van der Waals surface area contributed by atoms with Crippen LogP contribution < -0.4 is 10.1 Å². The number of methoxy groups -OCH3 is 1. The maximum absolute atomic E-state index is 13.5. The molecule has 2 saturated heterocycles. The van der Waals surface area contributed by atoms with Crippen LogP contribution in [0.2, 0.25) is 5.02 Å². The SMILES string of the molecule is COCC1CCN(S(=O)(=O)N2C[C@@H]3NC(=O)c4ccc(Cl)c(c4)OCCCn4cc(nn4)CO[C@H]3C2)CC1. The van der Waals surface area contributed by atoms with Crippen molar-refractivity contribution in [2.45, 2.75) is 44.6 Å².